The molecule has 4 rings (SSSR count). The van der Waals surface area contributed by atoms with Gasteiger partial charge in [-0.1, -0.05) is 11.6 Å². The number of carbonyl (C=O) groups excluding carboxylic acids is 2. The van der Waals surface area contributed by atoms with E-state index in [-0.39, 0.29) is 23.8 Å². The van der Waals surface area contributed by atoms with E-state index in [1.165, 1.54) is 12.8 Å². The predicted molar refractivity (Wildman–Crippen MR) is 129 cm³/mol. The van der Waals surface area contributed by atoms with Crippen LogP contribution in [0.3, 0.4) is 0 Å². The van der Waals surface area contributed by atoms with E-state index in [0.29, 0.717) is 23.6 Å². The standard InChI is InChI=1S/C24H30ClN3O2S/c1-16(2)26-22(29)14-17-6-5-12-28(21-9-13-31-23(17)21)24(30)19-8-7-18(15-20(19)25)27-10-3-4-11-27/h7-9,13,15-17H,3-6,10-12,14H2,1-2H3,(H,26,29). The molecule has 1 aromatic carbocycles. The minimum Gasteiger partial charge on any atom is -0.371 e. The summed E-state index contributed by atoms with van der Waals surface area (Å²) in [7, 11) is 0. The highest BCUT2D eigenvalue weighted by molar-refractivity contribution is 7.10. The third-order valence-corrected chi connectivity index (χ3v) is 7.43. The number of hydrogen-bond donors (Lipinski definition) is 1. The van der Waals surface area contributed by atoms with Gasteiger partial charge in [-0.3, -0.25) is 9.59 Å². The first-order valence-corrected chi connectivity index (χ1v) is 12.4. The second kappa shape index (κ2) is 9.61. The fraction of sp³-hybridized carbons (Fsp3) is 0.500. The number of nitrogens with one attached hydrogen (secondary N) is 1. The Hall–Kier alpha value is -2.05. The summed E-state index contributed by atoms with van der Waals surface area (Å²) < 4.78 is 0. The zero-order valence-corrected chi connectivity index (χ0v) is 19.8. The molecule has 2 aliphatic heterocycles. The van der Waals surface area contributed by atoms with Gasteiger partial charge in [0.1, 0.15) is 0 Å². The molecule has 0 aliphatic carbocycles. The second-order valence-corrected chi connectivity index (χ2v) is 10.1. The molecule has 166 valence electrons. The number of amides is 2. The van der Waals surface area contributed by atoms with E-state index in [2.05, 4.69) is 10.2 Å². The summed E-state index contributed by atoms with van der Waals surface area (Å²) in [6.45, 7) is 6.66. The highest BCUT2D eigenvalue weighted by atomic mass is 35.5. The first kappa shape index (κ1) is 22.2. The summed E-state index contributed by atoms with van der Waals surface area (Å²) in [6.07, 6.45) is 4.60. The monoisotopic (exact) mass is 459 g/mol. The van der Waals surface area contributed by atoms with Gasteiger partial charge in [0, 0.05) is 48.6 Å². The van der Waals surface area contributed by atoms with Crippen molar-refractivity contribution in [1.82, 2.24) is 5.32 Å². The largest absolute Gasteiger partial charge is 0.371 e. The van der Waals surface area contributed by atoms with Crippen LogP contribution in [0.5, 0.6) is 0 Å². The molecule has 31 heavy (non-hydrogen) atoms. The van der Waals surface area contributed by atoms with Crippen LogP contribution < -0.4 is 15.1 Å². The quantitative estimate of drug-likeness (QED) is 0.647. The van der Waals surface area contributed by atoms with Crippen molar-refractivity contribution in [2.45, 2.75) is 57.9 Å². The van der Waals surface area contributed by atoms with Gasteiger partial charge in [0.2, 0.25) is 5.91 Å². The van der Waals surface area contributed by atoms with Crippen LogP contribution in [-0.4, -0.2) is 37.5 Å². The molecule has 1 fully saturated rings. The first-order chi connectivity index (χ1) is 14.9. The summed E-state index contributed by atoms with van der Waals surface area (Å²) in [5, 5.41) is 5.51. The molecule has 0 saturated carbocycles. The molecule has 7 heteroatoms. The van der Waals surface area contributed by atoms with E-state index < -0.39 is 0 Å². The second-order valence-electron chi connectivity index (χ2n) is 8.75. The third-order valence-electron chi connectivity index (χ3n) is 6.05. The molecule has 2 aromatic rings. The van der Waals surface area contributed by atoms with Crippen molar-refractivity contribution in [1.29, 1.82) is 0 Å². The lowest BCUT2D eigenvalue weighted by Crippen LogP contribution is -2.32. The maximum absolute atomic E-state index is 13.5. The van der Waals surface area contributed by atoms with Crippen molar-refractivity contribution in [2.24, 2.45) is 0 Å². The molecule has 1 unspecified atom stereocenters. The SMILES string of the molecule is CC(C)NC(=O)CC1CCCN(C(=O)c2ccc(N3CCCC3)cc2Cl)c2ccsc21. The summed E-state index contributed by atoms with van der Waals surface area (Å²) in [5.74, 6) is 0.143. The van der Waals surface area contributed by atoms with Crippen molar-refractivity contribution in [3.05, 3.63) is 45.1 Å². The van der Waals surface area contributed by atoms with Crippen LogP contribution in [0, 0.1) is 0 Å². The number of nitrogens with zero attached hydrogens (tertiary/aromatic N) is 2. The Morgan fingerprint density at radius 1 is 1.16 bits per heavy atom. The Labute approximate surface area is 193 Å². The number of carbonyl (C=O) groups is 2. The lowest BCUT2D eigenvalue weighted by Gasteiger charge is -2.23. The van der Waals surface area contributed by atoms with Crippen molar-refractivity contribution in [2.75, 3.05) is 29.4 Å². The zero-order chi connectivity index (χ0) is 22.0. The molecular weight excluding hydrogens is 430 g/mol. The fourth-order valence-electron chi connectivity index (χ4n) is 4.60. The van der Waals surface area contributed by atoms with Gasteiger partial charge < -0.3 is 15.1 Å². The lowest BCUT2D eigenvalue weighted by molar-refractivity contribution is -0.122. The summed E-state index contributed by atoms with van der Waals surface area (Å²) in [5.41, 5.74) is 2.55. The topological polar surface area (TPSA) is 52.7 Å². The van der Waals surface area contributed by atoms with Crippen LogP contribution in [0.4, 0.5) is 11.4 Å². The smallest absolute Gasteiger partial charge is 0.259 e. The number of anilines is 2. The summed E-state index contributed by atoms with van der Waals surface area (Å²) >= 11 is 8.22. The maximum Gasteiger partial charge on any atom is 0.259 e. The number of thiophene rings is 1. The van der Waals surface area contributed by atoms with Crippen LogP contribution in [0.25, 0.3) is 0 Å². The Morgan fingerprint density at radius 3 is 2.65 bits per heavy atom. The van der Waals surface area contributed by atoms with Gasteiger partial charge in [-0.25, -0.2) is 0 Å². The van der Waals surface area contributed by atoms with Crippen LogP contribution >= 0.6 is 22.9 Å². The molecule has 2 aliphatic rings. The van der Waals surface area contributed by atoms with E-state index in [9.17, 15) is 9.59 Å². The molecule has 1 aromatic heterocycles. The molecule has 1 N–H and O–H groups in total. The van der Waals surface area contributed by atoms with Crippen molar-refractivity contribution < 1.29 is 9.59 Å². The van der Waals surface area contributed by atoms with Crippen LogP contribution in [0.2, 0.25) is 5.02 Å². The first-order valence-electron chi connectivity index (χ1n) is 11.2. The number of fused-ring (bicyclic) bond motifs is 1. The number of rotatable bonds is 5. The Balaban J connectivity index is 1.55. The molecule has 0 radical (unpaired) electrons. The van der Waals surface area contributed by atoms with E-state index in [4.69, 9.17) is 11.6 Å². The maximum atomic E-state index is 13.5. The highest BCUT2D eigenvalue weighted by Crippen LogP contribution is 2.41. The van der Waals surface area contributed by atoms with Gasteiger partial charge in [0.15, 0.2) is 0 Å². The molecule has 1 atom stereocenters. The third kappa shape index (κ3) is 4.90. The molecule has 0 bridgehead atoms. The van der Waals surface area contributed by atoms with Gasteiger partial charge in [-0.2, -0.15) is 0 Å². The number of halogens is 1. The van der Waals surface area contributed by atoms with Gasteiger partial charge in [0.25, 0.3) is 5.91 Å². The molecule has 5 nitrogen and oxygen atoms in total. The molecule has 0 spiro atoms. The van der Waals surface area contributed by atoms with E-state index in [1.54, 1.807) is 11.3 Å². The lowest BCUT2D eigenvalue weighted by atomic mass is 9.97. The number of hydrogen-bond acceptors (Lipinski definition) is 4. The van der Waals surface area contributed by atoms with Crippen LogP contribution in [0.15, 0.2) is 29.6 Å². The van der Waals surface area contributed by atoms with Gasteiger partial charge in [-0.15, -0.1) is 11.3 Å². The molecule has 1 saturated heterocycles. The highest BCUT2D eigenvalue weighted by Gasteiger charge is 2.30. The Morgan fingerprint density at radius 2 is 1.94 bits per heavy atom. The predicted octanol–water partition coefficient (Wildman–Crippen LogP) is 5.44. The van der Waals surface area contributed by atoms with Crippen LogP contribution in [0.1, 0.15) is 67.1 Å². The van der Waals surface area contributed by atoms with Crippen molar-refractivity contribution >= 4 is 46.1 Å². The molecule has 2 amide bonds. The minimum absolute atomic E-state index is 0.0649. The average molecular weight is 460 g/mol. The van der Waals surface area contributed by atoms with Crippen molar-refractivity contribution in [3.63, 3.8) is 0 Å². The molecule has 3 heterocycles. The minimum atomic E-state index is -0.0649. The van der Waals surface area contributed by atoms with Crippen LogP contribution in [-0.2, 0) is 4.79 Å². The van der Waals surface area contributed by atoms with Gasteiger partial charge in [-0.05, 0) is 69.2 Å². The van der Waals surface area contributed by atoms with Gasteiger partial charge in [0.05, 0.1) is 16.3 Å². The summed E-state index contributed by atoms with van der Waals surface area (Å²) in [4.78, 5) is 31.2. The fourth-order valence-corrected chi connectivity index (χ4v) is 5.89. The van der Waals surface area contributed by atoms with Gasteiger partial charge >= 0.3 is 0 Å². The Kier molecular flexibility index (Phi) is 6.87. The Bertz CT molecular complexity index is 952. The summed E-state index contributed by atoms with van der Waals surface area (Å²) in [6, 6.07) is 7.93. The van der Waals surface area contributed by atoms with E-state index >= 15 is 0 Å². The van der Waals surface area contributed by atoms with Crippen molar-refractivity contribution in [3.8, 4) is 0 Å². The normalized spacial score (nSPS) is 18.8. The number of benzene rings is 1. The van der Waals surface area contributed by atoms with E-state index in [0.717, 1.165) is 42.2 Å². The zero-order valence-electron chi connectivity index (χ0n) is 18.2. The molecular formula is C24H30ClN3O2S. The van der Waals surface area contributed by atoms with E-state index in [1.807, 2.05) is 48.4 Å². The average Bonchev–Trinajstić information content (AvgIpc) is 3.39.